The number of benzene rings is 4. The highest BCUT2D eigenvalue weighted by molar-refractivity contribution is 5.79. The van der Waals surface area contributed by atoms with E-state index in [9.17, 15) is 4.79 Å². The summed E-state index contributed by atoms with van der Waals surface area (Å²) >= 11 is 0. The van der Waals surface area contributed by atoms with Crippen LogP contribution in [0.5, 0.6) is 0 Å². The van der Waals surface area contributed by atoms with Gasteiger partial charge in [0.15, 0.2) is 5.79 Å². The van der Waals surface area contributed by atoms with E-state index in [-0.39, 0.29) is 6.03 Å². The van der Waals surface area contributed by atoms with E-state index in [2.05, 4.69) is 10.6 Å². The summed E-state index contributed by atoms with van der Waals surface area (Å²) in [7, 11) is 0. The molecule has 0 unspecified atom stereocenters. The second-order valence-electron chi connectivity index (χ2n) is 10.1. The molecule has 4 aromatic carbocycles. The Balaban J connectivity index is 1.69. The van der Waals surface area contributed by atoms with Crippen LogP contribution in [-0.4, -0.2) is 24.0 Å². The first kappa shape index (κ1) is 23.5. The Labute approximate surface area is 217 Å². The minimum absolute atomic E-state index is 0.306. The quantitative estimate of drug-likeness (QED) is 0.385. The molecule has 2 fully saturated rings. The molecule has 2 aliphatic heterocycles. The molecule has 186 valence electrons. The van der Waals surface area contributed by atoms with Crippen molar-refractivity contribution in [1.82, 2.24) is 10.6 Å². The molecule has 0 radical (unpaired) electrons. The molecular weight excluding hydrogens is 460 g/mol. The van der Waals surface area contributed by atoms with Crippen LogP contribution in [0.1, 0.15) is 36.1 Å². The number of fused-ring (bicyclic) bond motifs is 1. The molecule has 2 N–H and O–H groups in total. The van der Waals surface area contributed by atoms with E-state index in [4.69, 9.17) is 9.47 Å². The average Bonchev–Trinajstić information content (AvgIpc) is 3.23. The van der Waals surface area contributed by atoms with Gasteiger partial charge in [-0.15, -0.1) is 0 Å². The first-order valence-electron chi connectivity index (χ1n) is 12.6. The van der Waals surface area contributed by atoms with Gasteiger partial charge in [0, 0.05) is 0 Å². The van der Waals surface area contributed by atoms with Crippen LogP contribution in [0.2, 0.25) is 0 Å². The predicted octanol–water partition coefficient (Wildman–Crippen LogP) is 5.71. The lowest BCUT2D eigenvalue weighted by atomic mass is 9.69. The van der Waals surface area contributed by atoms with Gasteiger partial charge in [-0.1, -0.05) is 121 Å². The standard InChI is InChI=1S/C32H30N2O3/c1-30(2)36-27-28(37-30)32(25-19-11-5-12-20-25,26-21-13-6-14-22-26)34-29(35)33-31(27,23-15-7-3-8-16-23)24-17-9-4-10-18-24/h3-22,27-28H,1-2H3,(H2,33,34,35)/t27-,28-/m1/s1. The van der Waals surface area contributed by atoms with Crippen LogP contribution in [0, 0.1) is 0 Å². The molecule has 0 bridgehead atoms. The summed E-state index contributed by atoms with van der Waals surface area (Å²) in [6.07, 6.45) is -1.15. The van der Waals surface area contributed by atoms with Gasteiger partial charge in [0.2, 0.25) is 0 Å². The van der Waals surface area contributed by atoms with Gasteiger partial charge in [0.25, 0.3) is 0 Å². The SMILES string of the molecule is CC1(C)O[C@@H]2[C@@H](O1)C(c1ccccc1)(c1ccccc1)NC(=O)NC2(c1ccccc1)c1ccccc1. The molecule has 0 aliphatic carbocycles. The average molecular weight is 491 g/mol. The molecule has 2 heterocycles. The third-order valence-electron chi connectivity index (χ3n) is 7.49. The second kappa shape index (κ2) is 8.87. The molecule has 0 aromatic heterocycles. The normalized spacial score (nSPS) is 23.2. The monoisotopic (exact) mass is 490 g/mol. The van der Waals surface area contributed by atoms with Gasteiger partial charge in [-0.05, 0) is 36.1 Å². The van der Waals surface area contributed by atoms with Crippen molar-refractivity contribution >= 4 is 6.03 Å². The fourth-order valence-electron chi connectivity index (χ4n) is 6.01. The maximum atomic E-state index is 14.1. The molecule has 37 heavy (non-hydrogen) atoms. The minimum atomic E-state index is -1.02. The molecule has 6 rings (SSSR count). The summed E-state index contributed by atoms with van der Waals surface area (Å²) in [4.78, 5) is 14.1. The van der Waals surface area contributed by atoms with Gasteiger partial charge in [-0.2, -0.15) is 0 Å². The van der Waals surface area contributed by atoms with Gasteiger partial charge in [-0.25, -0.2) is 4.79 Å². The zero-order chi connectivity index (χ0) is 25.5. The Morgan fingerprint density at radius 3 is 1.05 bits per heavy atom. The van der Waals surface area contributed by atoms with Crippen LogP contribution in [0.25, 0.3) is 0 Å². The predicted molar refractivity (Wildman–Crippen MR) is 143 cm³/mol. The first-order valence-corrected chi connectivity index (χ1v) is 12.6. The zero-order valence-corrected chi connectivity index (χ0v) is 20.9. The molecule has 0 spiro atoms. The van der Waals surface area contributed by atoms with Gasteiger partial charge in [0.1, 0.15) is 23.3 Å². The number of carbonyl (C=O) groups is 1. The maximum absolute atomic E-state index is 14.1. The van der Waals surface area contributed by atoms with Crippen LogP contribution in [0.3, 0.4) is 0 Å². The Hall–Kier alpha value is -3.93. The molecule has 2 aliphatic rings. The van der Waals surface area contributed by atoms with E-state index in [1.54, 1.807) is 0 Å². The Bertz CT molecular complexity index is 1190. The lowest BCUT2D eigenvalue weighted by Crippen LogP contribution is -2.58. The fourth-order valence-corrected chi connectivity index (χ4v) is 6.01. The van der Waals surface area contributed by atoms with Crippen LogP contribution in [0.15, 0.2) is 121 Å². The third-order valence-corrected chi connectivity index (χ3v) is 7.49. The van der Waals surface area contributed by atoms with Crippen molar-refractivity contribution in [3.63, 3.8) is 0 Å². The van der Waals surface area contributed by atoms with Crippen molar-refractivity contribution in [3.05, 3.63) is 144 Å². The third kappa shape index (κ3) is 3.74. The van der Waals surface area contributed by atoms with Crippen molar-refractivity contribution in [2.45, 2.75) is 42.9 Å². The fraction of sp³-hybridized carbons (Fsp3) is 0.219. The minimum Gasteiger partial charge on any atom is -0.341 e. The van der Waals surface area contributed by atoms with Crippen LogP contribution < -0.4 is 10.6 Å². The van der Waals surface area contributed by atoms with E-state index in [1.807, 2.05) is 135 Å². The highest BCUT2D eigenvalue weighted by atomic mass is 16.8. The van der Waals surface area contributed by atoms with Crippen LogP contribution in [-0.2, 0) is 20.6 Å². The van der Waals surface area contributed by atoms with Crippen LogP contribution in [0.4, 0.5) is 4.79 Å². The highest BCUT2D eigenvalue weighted by Crippen LogP contribution is 2.51. The zero-order valence-electron chi connectivity index (χ0n) is 20.9. The number of ether oxygens (including phenoxy) is 2. The molecule has 5 heteroatoms. The van der Waals surface area contributed by atoms with E-state index >= 15 is 0 Å². The van der Waals surface area contributed by atoms with Crippen molar-refractivity contribution < 1.29 is 14.3 Å². The number of rotatable bonds is 4. The summed E-state index contributed by atoms with van der Waals surface area (Å²) in [5.74, 6) is -0.900. The summed E-state index contributed by atoms with van der Waals surface area (Å²) < 4.78 is 13.7. The number of hydrogen-bond acceptors (Lipinski definition) is 3. The van der Waals surface area contributed by atoms with E-state index in [0.29, 0.717) is 0 Å². The first-order chi connectivity index (χ1) is 18.0. The number of nitrogens with one attached hydrogen (secondary N) is 2. The summed E-state index contributed by atoms with van der Waals surface area (Å²) in [6.45, 7) is 3.87. The molecule has 5 nitrogen and oxygen atoms in total. The van der Waals surface area contributed by atoms with Gasteiger partial charge in [0.05, 0.1) is 0 Å². The van der Waals surface area contributed by atoms with Gasteiger partial charge < -0.3 is 20.1 Å². The van der Waals surface area contributed by atoms with E-state index < -0.39 is 29.1 Å². The maximum Gasteiger partial charge on any atom is 0.316 e. The molecule has 2 amide bonds. The lowest BCUT2D eigenvalue weighted by molar-refractivity contribution is -0.157. The van der Waals surface area contributed by atoms with Crippen LogP contribution >= 0.6 is 0 Å². The summed E-state index contributed by atoms with van der Waals surface area (Å²) in [5, 5.41) is 6.75. The number of hydrogen-bond donors (Lipinski definition) is 2. The van der Waals surface area contributed by atoms with Gasteiger partial charge >= 0.3 is 6.03 Å². The highest BCUT2D eigenvalue weighted by Gasteiger charge is 2.64. The Morgan fingerprint density at radius 1 is 0.514 bits per heavy atom. The number of carbonyl (C=O) groups excluding carboxylic acids is 1. The molecule has 0 saturated carbocycles. The summed E-state index contributed by atoms with van der Waals surface area (Å²) in [5.41, 5.74) is 1.65. The molecule has 2 atom stereocenters. The Kier molecular flexibility index (Phi) is 5.63. The lowest BCUT2D eigenvalue weighted by Gasteiger charge is -2.43. The summed E-state index contributed by atoms with van der Waals surface area (Å²) in [6, 6.07) is 39.8. The van der Waals surface area contributed by atoms with Gasteiger partial charge in [-0.3, -0.25) is 0 Å². The molecular formula is C32H30N2O3. The van der Waals surface area contributed by atoms with Crippen molar-refractivity contribution in [2.75, 3.05) is 0 Å². The Morgan fingerprint density at radius 2 is 0.784 bits per heavy atom. The number of amides is 2. The topological polar surface area (TPSA) is 59.6 Å². The van der Waals surface area contributed by atoms with E-state index in [1.165, 1.54) is 0 Å². The molecule has 4 aromatic rings. The smallest absolute Gasteiger partial charge is 0.316 e. The van der Waals surface area contributed by atoms with E-state index in [0.717, 1.165) is 22.3 Å². The van der Waals surface area contributed by atoms with Crippen molar-refractivity contribution in [3.8, 4) is 0 Å². The van der Waals surface area contributed by atoms with Crippen molar-refractivity contribution in [2.24, 2.45) is 0 Å². The van der Waals surface area contributed by atoms with Crippen molar-refractivity contribution in [1.29, 1.82) is 0 Å². The second-order valence-corrected chi connectivity index (χ2v) is 10.1. The number of urea groups is 1. The largest absolute Gasteiger partial charge is 0.341 e. The molecule has 2 saturated heterocycles.